The number of rotatable bonds is 8. The summed E-state index contributed by atoms with van der Waals surface area (Å²) in [6.45, 7) is 2.33. The van der Waals surface area contributed by atoms with Crippen molar-refractivity contribution in [2.24, 2.45) is 5.92 Å². The molecule has 0 spiro atoms. The summed E-state index contributed by atoms with van der Waals surface area (Å²) >= 11 is 0. The van der Waals surface area contributed by atoms with Crippen molar-refractivity contribution in [2.75, 3.05) is 17.7 Å². The van der Waals surface area contributed by atoms with Crippen LogP contribution < -0.4 is 20.7 Å². The van der Waals surface area contributed by atoms with Gasteiger partial charge in [0.1, 0.15) is 29.5 Å². The van der Waals surface area contributed by atoms with E-state index in [1.54, 1.807) is 13.2 Å². The Kier molecular flexibility index (Phi) is 7.67. The number of amides is 1. The summed E-state index contributed by atoms with van der Waals surface area (Å²) < 4.78 is 5.96. The maximum atomic E-state index is 11.9. The fraction of sp³-hybridized carbons (Fsp3) is 0.360. The SMILES string of the molecule is CNC(=O)C1CCC(Nc2nc(NCc3cncnc3Oc3cccc(C)c3)ncc2C#N)CC1. The average Bonchev–Trinajstić information content (AvgIpc) is 2.88. The number of hydrogen-bond donors (Lipinski definition) is 3. The molecule has 0 bridgehead atoms. The zero-order valence-electron chi connectivity index (χ0n) is 19.8. The van der Waals surface area contributed by atoms with Crippen molar-refractivity contribution in [2.45, 2.75) is 45.2 Å². The summed E-state index contributed by atoms with van der Waals surface area (Å²) in [5, 5.41) is 18.8. The predicted octanol–water partition coefficient (Wildman–Crippen LogP) is 3.57. The zero-order chi connectivity index (χ0) is 24.6. The van der Waals surface area contributed by atoms with Gasteiger partial charge in [0.2, 0.25) is 17.7 Å². The molecular weight excluding hydrogens is 444 g/mol. The van der Waals surface area contributed by atoms with E-state index in [1.807, 2.05) is 31.2 Å². The van der Waals surface area contributed by atoms with Gasteiger partial charge in [-0.1, -0.05) is 12.1 Å². The molecule has 1 fully saturated rings. The second kappa shape index (κ2) is 11.2. The topological polar surface area (TPSA) is 138 Å². The van der Waals surface area contributed by atoms with Gasteiger partial charge in [-0.3, -0.25) is 4.79 Å². The molecule has 1 saturated carbocycles. The van der Waals surface area contributed by atoms with E-state index in [9.17, 15) is 10.1 Å². The lowest BCUT2D eigenvalue weighted by atomic mass is 9.85. The van der Waals surface area contributed by atoms with Crippen LogP contribution in [0, 0.1) is 24.2 Å². The summed E-state index contributed by atoms with van der Waals surface area (Å²) in [6.07, 6.45) is 7.87. The summed E-state index contributed by atoms with van der Waals surface area (Å²) in [5.74, 6) is 2.12. The van der Waals surface area contributed by atoms with E-state index in [0.717, 1.165) is 36.8 Å². The second-order valence-electron chi connectivity index (χ2n) is 8.50. The fourth-order valence-electron chi connectivity index (χ4n) is 4.08. The van der Waals surface area contributed by atoms with Crippen LogP contribution in [0.25, 0.3) is 0 Å². The lowest BCUT2D eigenvalue weighted by molar-refractivity contribution is -0.125. The standard InChI is InChI=1S/C25H28N8O2/c1-16-4-3-5-21(10-16)35-24-19(12-28-15-31-24)14-30-25-29-13-18(11-26)22(33-25)32-20-8-6-17(7-9-20)23(34)27-2/h3-5,10,12-13,15,17,20H,6-9,14H2,1-2H3,(H,27,34)(H2,29,30,32,33). The average molecular weight is 473 g/mol. The first kappa shape index (κ1) is 23.9. The number of carbonyl (C=O) groups is 1. The number of nitrogens with zero attached hydrogens (tertiary/aromatic N) is 5. The largest absolute Gasteiger partial charge is 0.439 e. The molecule has 10 heteroatoms. The van der Waals surface area contributed by atoms with Crippen LogP contribution in [0.1, 0.15) is 42.4 Å². The molecule has 0 unspecified atom stereocenters. The molecule has 1 aliphatic carbocycles. The van der Waals surface area contributed by atoms with Gasteiger partial charge >= 0.3 is 0 Å². The van der Waals surface area contributed by atoms with Crippen LogP contribution in [-0.4, -0.2) is 38.9 Å². The third-order valence-corrected chi connectivity index (χ3v) is 5.98. The molecule has 180 valence electrons. The highest BCUT2D eigenvalue weighted by molar-refractivity contribution is 5.78. The number of hydrogen-bond acceptors (Lipinski definition) is 9. The van der Waals surface area contributed by atoms with Crippen molar-refractivity contribution >= 4 is 17.7 Å². The molecule has 1 aromatic carbocycles. The van der Waals surface area contributed by atoms with E-state index in [2.05, 4.69) is 42.0 Å². The zero-order valence-corrected chi connectivity index (χ0v) is 19.8. The summed E-state index contributed by atoms with van der Waals surface area (Å²) in [4.78, 5) is 29.1. The van der Waals surface area contributed by atoms with E-state index in [0.29, 0.717) is 35.5 Å². The number of ether oxygens (including phenoxy) is 1. The van der Waals surface area contributed by atoms with Gasteiger partial charge in [-0.2, -0.15) is 10.2 Å². The van der Waals surface area contributed by atoms with Crippen LogP contribution in [-0.2, 0) is 11.3 Å². The first-order valence-corrected chi connectivity index (χ1v) is 11.6. The van der Waals surface area contributed by atoms with Gasteiger partial charge in [-0.05, 0) is 50.3 Å². The van der Waals surface area contributed by atoms with Crippen LogP contribution >= 0.6 is 0 Å². The van der Waals surface area contributed by atoms with Crippen LogP contribution in [0.3, 0.4) is 0 Å². The van der Waals surface area contributed by atoms with E-state index in [1.165, 1.54) is 12.5 Å². The monoisotopic (exact) mass is 472 g/mol. The summed E-state index contributed by atoms with van der Waals surface area (Å²) in [6, 6.07) is 10.0. The molecule has 2 aromatic heterocycles. The van der Waals surface area contributed by atoms with Gasteiger partial charge < -0.3 is 20.7 Å². The highest BCUT2D eigenvalue weighted by Crippen LogP contribution is 2.28. The Bertz CT molecular complexity index is 1220. The second-order valence-corrected chi connectivity index (χ2v) is 8.50. The minimum atomic E-state index is 0.0421. The van der Waals surface area contributed by atoms with Gasteiger partial charge in [0.15, 0.2) is 0 Å². The van der Waals surface area contributed by atoms with Crippen molar-refractivity contribution in [3.63, 3.8) is 0 Å². The van der Waals surface area contributed by atoms with Crippen molar-refractivity contribution < 1.29 is 9.53 Å². The van der Waals surface area contributed by atoms with Gasteiger partial charge in [-0.25, -0.2) is 15.0 Å². The van der Waals surface area contributed by atoms with Crippen molar-refractivity contribution in [3.8, 4) is 17.7 Å². The van der Waals surface area contributed by atoms with Gasteiger partial charge in [0.05, 0.1) is 11.8 Å². The number of anilines is 2. The minimum Gasteiger partial charge on any atom is -0.439 e. The quantitative estimate of drug-likeness (QED) is 0.449. The minimum absolute atomic E-state index is 0.0421. The molecule has 4 rings (SSSR count). The Morgan fingerprint density at radius 2 is 2.03 bits per heavy atom. The predicted molar refractivity (Wildman–Crippen MR) is 131 cm³/mol. The molecular formula is C25H28N8O2. The molecule has 2 heterocycles. The van der Waals surface area contributed by atoms with E-state index in [-0.39, 0.29) is 17.9 Å². The highest BCUT2D eigenvalue weighted by atomic mass is 16.5. The maximum Gasteiger partial charge on any atom is 0.227 e. The molecule has 0 saturated heterocycles. The smallest absolute Gasteiger partial charge is 0.227 e. The highest BCUT2D eigenvalue weighted by Gasteiger charge is 2.26. The van der Waals surface area contributed by atoms with Gasteiger partial charge in [0, 0.05) is 31.7 Å². The number of nitrogens with one attached hydrogen (secondary N) is 3. The normalized spacial score (nSPS) is 17.2. The Balaban J connectivity index is 1.42. The third kappa shape index (κ3) is 6.20. The van der Waals surface area contributed by atoms with Gasteiger partial charge in [-0.15, -0.1) is 0 Å². The van der Waals surface area contributed by atoms with Crippen LogP contribution in [0.4, 0.5) is 11.8 Å². The maximum absolute atomic E-state index is 11.9. The molecule has 3 aromatic rings. The van der Waals surface area contributed by atoms with Crippen molar-refractivity contribution in [3.05, 3.63) is 59.7 Å². The van der Waals surface area contributed by atoms with Gasteiger partial charge in [0.25, 0.3) is 0 Å². The molecule has 1 amide bonds. The Morgan fingerprint density at radius 3 is 2.77 bits per heavy atom. The number of aromatic nitrogens is 4. The Morgan fingerprint density at radius 1 is 1.20 bits per heavy atom. The van der Waals surface area contributed by atoms with E-state index < -0.39 is 0 Å². The summed E-state index contributed by atoms with van der Waals surface area (Å²) in [5.41, 5.74) is 2.20. The number of carbonyl (C=O) groups excluding carboxylic acids is 1. The van der Waals surface area contributed by atoms with Crippen LogP contribution in [0.15, 0.2) is 43.0 Å². The van der Waals surface area contributed by atoms with Crippen molar-refractivity contribution in [1.29, 1.82) is 5.26 Å². The van der Waals surface area contributed by atoms with Crippen LogP contribution in [0.2, 0.25) is 0 Å². The fourth-order valence-corrected chi connectivity index (χ4v) is 4.08. The Hall–Kier alpha value is -4.26. The van der Waals surface area contributed by atoms with E-state index in [4.69, 9.17) is 4.74 Å². The summed E-state index contributed by atoms with van der Waals surface area (Å²) in [7, 11) is 1.67. The number of aryl methyl sites for hydroxylation is 1. The molecule has 35 heavy (non-hydrogen) atoms. The molecule has 0 aliphatic heterocycles. The van der Waals surface area contributed by atoms with E-state index >= 15 is 0 Å². The van der Waals surface area contributed by atoms with Crippen LogP contribution in [0.5, 0.6) is 11.6 Å². The molecule has 0 atom stereocenters. The molecule has 1 aliphatic rings. The third-order valence-electron chi connectivity index (χ3n) is 5.98. The number of benzene rings is 1. The lowest BCUT2D eigenvalue weighted by Gasteiger charge is -2.28. The molecule has 3 N–H and O–H groups in total. The first-order chi connectivity index (χ1) is 17.1. The first-order valence-electron chi connectivity index (χ1n) is 11.6. The lowest BCUT2D eigenvalue weighted by Crippen LogP contribution is -2.34. The van der Waals surface area contributed by atoms with Crippen molar-refractivity contribution in [1.82, 2.24) is 25.3 Å². The Labute approximate surface area is 204 Å². The molecule has 0 radical (unpaired) electrons. The number of nitriles is 1. The molecule has 10 nitrogen and oxygen atoms in total.